The van der Waals surface area contributed by atoms with Gasteiger partial charge in [0.25, 0.3) is 0 Å². The summed E-state index contributed by atoms with van der Waals surface area (Å²) in [5.41, 5.74) is 1.24. The van der Waals surface area contributed by atoms with Crippen molar-refractivity contribution in [3.63, 3.8) is 0 Å². The zero-order valence-corrected chi connectivity index (χ0v) is 12.0. The van der Waals surface area contributed by atoms with Gasteiger partial charge in [-0.05, 0) is 25.7 Å². The molecule has 0 bridgehead atoms. The van der Waals surface area contributed by atoms with E-state index in [1.807, 2.05) is 0 Å². The van der Waals surface area contributed by atoms with Crippen molar-refractivity contribution in [2.45, 2.75) is 38.5 Å². The van der Waals surface area contributed by atoms with Gasteiger partial charge in [-0.2, -0.15) is 0 Å². The van der Waals surface area contributed by atoms with E-state index in [2.05, 4.69) is 5.32 Å². The molecule has 0 unspecified atom stereocenters. The van der Waals surface area contributed by atoms with Crippen molar-refractivity contribution >= 4 is 11.8 Å². The second kappa shape index (κ2) is 8.04. The maximum Gasteiger partial charge on any atom is 0.243 e. The molecule has 1 saturated heterocycles. The van der Waals surface area contributed by atoms with Crippen LogP contribution in [0.4, 0.5) is 0 Å². The summed E-state index contributed by atoms with van der Waals surface area (Å²) in [7, 11) is 0. The van der Waals surface area contributed by atoms with E-state index < -0.39 is 0 Å². The molecule has 0 atom stereocenters. The van der Waals surface area contributed by atoms with Crippen LogP contribution in [0.25, 0.3) is 0 Å². The highest BCUT2D eigenvalue weighted by atomic mass is 16.5. The Bertz CT molecular complexity index is 365. The van der Waals surface area contributed by atoms with Gasteiger partial charge in [0, 0.05) is 32.1 Å². The molecule has 2 amide bonds. The molecule has 1 aliphatic carbocycles. The number of ether oxygens (including phenoxy) is 1. The quantitative estimate of drug-likeness (QED) is 0.788. The normalized spacial score (nSPS) is 19.6. The van der Waals surface area contributed by atoms with Gasteiger partial charge in [-0.3, -0.25) is 9.59 Å². The minimum Gasteiger partial charge on any atom is -0.378 e. The number of nitrogens with zero attached hydrogens (tertiary/aromatic N) is 1. The number of hydrogen-bond acceptors (Lipinski definition) is 3. The van der Waals surface area contributed by atoms with Gasteiger partial charge < -0.3 is 15.0 Å². The van der Waals surface area contributed by atoms with E-state index in [9.17, 15) is 9.59 Å². The van der Waals surface area contributed by atoms with Crippen molar-refractivity contribution in [1.29, 1.82) is 0 Å². The summed E-state index contributed by atoms with van der Waals surface area (Å²) in [4.78, 5) is 25.4. The number of carbonyl (C=O) groups is 2. The fourth-order valence-electron chi connectivity index (χ4n) is 2.65. The van der Waals surface area contributed by atoms with Crippen LogP contribution in [0.2, 0.25) is 0 Å². The van der Waals surface area contributed by atoms with Crippen LogP contribution in [0.1, 0.15) is 38.5 Å². The van der Waals surface area contributed by atoms with E-state index >= 15 is 0 Å². The molecule has 1 N–H and O–H groups in total. The summed E-state index contributed by atoms with van der Waals surface area (Å²) in [5, 5.41) is 2.81. The Morgan fingerprint density at radius 2 is 1.85 bits per heavy atom. The van der Waals surface area contributed by atoms with Gasteiger partial charge in [-0.15, -0.1) is 0 Å². The van der Waals surface area contributed by atoms with E-state index in [0.29, 0.717) is 39.3 Å². The second-order valence-corrected chi connectivity index (χ2v) is 5.40. The van der Waals surface area contributed by atoms with Gasteiger partial charge in [0.05, 0.1) is 13.2 Å². The monoisotopic (exact) mass is 280 g/mol. The topological polar surface area (TPSA) is 58.6 Å². The first kappa shape index (κ1) is 15.0. The number of nitrogens with one attached hydrogen (secondary N) is 1. The third-order valence-electron chi connectivity index (χ3n) is 3.83. The molecule has 1 saturated carbocycles. The van der Waals surface area contributed by atoms with E-state index in [-0.39, 0.29) is 11.8 Å². The molecule has 5 nitrogen and oxygen atoms in total. The summed E-state index contributed by atoms with van der Waals surface area (Å²) in [6.45, 7) is 2.97. The van der Waals surface area contributed by atoms with Gasteiger partial charge in [-0.1, -0.05) is 12.0 Å². The zero-order valence-electron chi connectivity index (χ0n) is 12.0. The molecule has 5 heteroatoms. The lowest BCUT2D eigenvalue weighted by Crippen LogP contribution is -2.41. The van der Waals surface area contributed by atoms with E-state index in [0.717, 1.165) is 12.8 Å². The lowest BCUT2D eigenvalue weighted by Gasteiger charge is -2.26. The number of amides is 2. The largest absolute Gasteiger partial charge is 0.378 e. The Kier molecular flexibility index (Phi) is 6.05. The van der Waals surface area contributed by atoms with E-state index in [1.165, 1.54) is 24.8 Å². The highest BCUT2D eigenvalue weighted by Crippen LogP contribution is 2.22. The number of morpholine rings is 1. The molecule has 0 aromatic carbocycles. The average molecular weight is 280 g/mol. The van der Waals surface area contributed by atoms with Crippen molar-refractivity contribution in [3.05, 3.63) is 11.6 Å². The minimum absolute atomic E-state index is 0.0586. The van der Waals surface area contributed by atoms with Crippen LogP contribution in [0.5, 0.6) is 0 Å². The highest BCUT2D eigenvalue weighted by molar-refractivity contribution is 5.88. The third-order valence-corrected chi connectivity index (χ3v) is 3.83. The van der Waals surface area contributed by atoms with Gasteiger partial charge in [0.15, 0.2) is 0 Å². The Balaban J connectivity index is 1.64. The molecular weight excluding hydrogens is 256 g/mol. The summed E-state index contributed by atoms with van der Waals surface area (Å²) in [5.74, 6) is 0.0376. The predicted molar refractivity (Wildman–Crippen MR) is 76.2 cm³/mol. The van der Waals surface area contributed by atoms with Crippen molar-refractivity contribution in [1.82, 2.24) is 10.2 Å². The molecule has 0 aromatic rings. The van der Waals surface area contributed by atoms with Crippen molar-refractivity contribution in [2.24, 2.45) is 0 Å². The minimum atomic E-state index is -0.0586. The van der Waals surface area contributed by atoms with Crippen LogP contribution in [0.3, 0.4) is 0 Å². The van der Waals surface area contributed by atoms with E-state index in [4.69, 9.17) is 4.74 Å². The average Bonchev–Trinajstić information content (AvgIpc) is 2.49. The summed E-state index contributed by atoms with van der Waals surface area (Å²) in [6.07, 6.45) is 7.82. The highest BCUT2D eigenvalue weighted by Gasteiger charge is 2.16. The number of rotatable bonds is 4. The Morgan fingerprint density at radius 3 is 2.55 bits per heavy atom. The summed E-state index contributed by atoms with van der Waals surface area (Å²) in [6, 6.07) is 0. The molecule has 1 aliphatic heterocycles. The molecule has 112 valence electrons. The molecule has 0 spiro atoms. The molecule has 2 rings (SSSR count). The Labute approximate surface area is 120 Å². The van der Waals surface area contributed by atoms with Gasteiger partial charge in [0.1, 0.15) is 0 Å². The lowest BCUT2D eigenvalue weighted by atomic mass is 9.95. The fourth-order valence-corrected chi connectivity index (χ4v) is 2.65. The maximum absolute atomic E-state index is 11.9. The van der Waals surface area contributed by atoms with Crippen molar-refractivity contribution in [2.75, 3.05) is 32.8 Å². The third kappa shape index (κ3) is 4.96. The smallest absolute Gasteiger partial charge is 0.243 e. The van der Waals surface area contributed by atoms with Crippen LogP contribution >= 0.6 is 0 Å². The first-order valence-electron chi connectivity index (χ1n) is 7.58. The number of hydrogen-bond donors (Lipinski definition) is 1. The van der Waals surface area contributed by atoms with Crippen LogP contribution in [0.15, 0.2) is 11.6 Å². The van der Waals surface area contributed by atoms with E-state index in [1.54, 1.807) is 11.0 Å². The van der Waals surface area contributed by atoms with Crippen LogP contribution in [-0.2, 0) is 14.3 Å². The molecule has 1 heterocycles. The van der Waals surface area contributed by atoms with Crippen molar-refractivity contribution in [3.8, 4) is 0 Å². The molecule has 0 radical (unpaired) electrons. The van der Waals surface area contributed by atoms with Gasteiger partial charge in [-0.25, -0.2) is 0 Å². The summed E-state index contributed by atoms with van der Waals surface area (Å²) >= 11 is 0. The Morgan fingerprint density at radius 1 is 1.15 bits per heavy atom. The maximum atomic E-state index is 11.9. The molecule has 20 heavy (non-hydrogen) atoms. The second-order valence-electron chi connectivity index (χ2n) is 5.40. The lowest BCUT2D eigenvalue weighted by molar-refractivity contribution is -0.135. The van der Waals surface area contributed by atoms with Crippen LogP contribution in [0, 0.1) is 0 Å². The molecular formula is C15H24N2O3. The van der Waals surface area contributed by atoms with Gasteiger partial charge >= 0.3 is 0 Å². The zero-order chi connectivity index (χ0) is 14.2. The fraction of sp³-hybridized carbons (Fsp3) is 0.733. The molecule has 2 aliphatic rings. The van der Waals surface area contributed by atoms with Crippen LogP contribution in [-0.4, -0.2) is 49.6 Å². The number of carbonyl (C=O) groups excluding carboxylic acids is 2. The van der Waals surface area contributed by atoms with Crippen molar-refractivity contribution < 1.29 is 14.3 Å². The number of allylic oxidation sites excluding steroid dienone is 1. The summed E-state index contributed by atoms with van der Waals surface area (Å²) < 4.78 is 5.21. The van der Waals surface area contributed by atoms with Crippen LogP contribution < -0.4 is 5.32 Å². The first-order valence-corrected chi connectivity index (χ1v) is 7.58. The molecule has 0 aromatic heterocycles. The predicted octanol–water partition coefficient (Wildman–Crippen LogP) is 1.24. The SMILES string of the molecule is O=C(C=C1CCCCC1)NCCC(=O)N1CCOCC1. The standard InChI is InChI=1S/C15H24N2O3/c18-14(12-13-4-2-1-3-5-13)16-7-6-15(19)17-8-10-20-11-9-17/h12H,1-11H2,(H,16,18). The van der Waals surface area contributed by atoms with Gasteiger partial charge in [0.2, 0.25) is 11.8 Å². The first-order chi connectivity index (χ1) is 9.75. The molecule has 2 fully saturated rings. The Hall–Kier alpha value is -1.36.